The molecular formula is C22H22O10. The fourth-order valence-corrected chi connectivity index (χ4v) is 3.83. The van der Waals surface area contributed by atoms with E-state index in [9.17, 15) is 35.4 Å². The Morgan fingerprint density at radius 2 is 1.66 bits per heavy atom. The summed E-state index contributed by atoms with van der Waals surface area (Å²) < 4.78 is 16.5. The fourth-order valence-electron chi connectivity index (χ4n) is 3.83. The molecule has 4 rings (SSSR count). The molecule has 0 aliphatic carbocycles. The highest BCUT2D eigenvalue weighted by Crippen LogP contribution is 2.43. The van der Waals surface area contributed by atoms with Gasteiger partial charge in [-0.1, -0.05) is 0 Å². The lowest BCUT2D eigenvalue weighted by Gasteiger charge is -2.40. The smallest absolute Gasteiger partial charge is 0.197 e. The van der Waals surface area contributed by atoms with Gasteiger partial charge in [-0.05, 0) is 24.3 Å². The molecule has 6 N–H and O–H groups in total. The number of aliphatic hydroxyl groups is 4. The van der Waals surface area contributed by atoms with Gasteiger partial charge < -0.3 is 44.5 Å². The maximum absolute atomic E-state index is 12.8. The first-order chi connectivity index (χ1) is 15.3. The molecule has 170 valence electrons. The van der Waals surface area contributed by atoms with Gasteiger partial charge in [-0.2, -0.15) is 0 Å². The number of hydrogen-bond acceptors (Lipinski definition) is 10. The quantitative estimate of drug-likeness (QED) is 0.330. The van der Waals surface area contributed by atoms with Crippen LogP contribution in [0.4, 0.5) is 0 Å². The van der Waals surface area contributed by atoms with Crippen LogP contribution in [-0.4, -0.2) is 68.8 Å². The number of hydrogen-bond donors (Lipinski definition) is 6. The van der Waals surface area contributed by atoms with E-state index in [-0.39, 0.29) is 22.3 Å². The fraction of sp³-hybridized carbons (Fsp3) is 0.318. The lowest BCUT2D eigenvalue weighted by atomic mass is 9.89. The molecule has 0 bridgehead atoms. The molecule has 10 heteroatoms. The van der Waals surface area contributed by atoms with E-state index in [1.165, 1.54) is 7.11 Å². The normalized spacial score (nSPS) is 25.7. The molecule has 5 atom stereocenters. The molecule has 2 heterocycles. The lowest BCUT2D eigenvalue weighted by molar-refractivity contribution is -0.231. The largest absolute Gasteiger partial charge is 0.507 e. The summed E-state index contributed by atoms with van der Waals surface area (Å²) in [6, 6.07) is 8.63. The number of fused-ring (bicyclic) bond motifs is 1. The third kappa shape index (κ3) is 3.57. The standard InChI is InChI=1S/C22H22O10/c1-30-10-4-2-9(3-5-10)14-7-13(26)16-11(24)6-12(25)17(21(16)31-14)22-20(29)19(28)18(27)15(8-23)32-22/h2-7,15,18-20,22-25,27-29H,8H2,1H3/t15-,18-,19+,20+,22+/m1/s1. The van der Waals surface area contributed by atoms with Crippen LogP contribution in [0.15, 0.2) is 45.6 Å². The second kappa shape index (κ2) is 8.41. The minimum atomic E-state index is -1.73. The topological polar surface area (TPSA) is 170 Å². The number of methoxy groups -OCH3 is 1. The lowest BCUT2D eigenvalue weighted by Crippen LogP contribution is -2.55. The SMILES string of the molecule is COc1ccc(-c2cc(=O)c3c(O)cc(O)c([C@@H]4O[C@H](CO)[C@@H](O)[C@H](O)[C@@H]4O)c3o2)cc1. The summed E-state index contributed by atoms with van der Waals surface area (Å²) >= 11 is 0. The van der Waals surface area contributed by atoms with Crippen molar-refractivity contribution in [3.8, 4) is 28.6 Å². The molecule has 0 spiro atoms. The highest BCUT2D eigenvalue weighted by molar-refractivity contribution is 5.89. The van der Waals surface area contributed by atoms with Gasteiger partial charge in [-0.15, -0.1) is 0 Å². The minimum Gasteiger partial charge on any atom is -0.507 e. The third-order valence-corrected chi connectivity index (χ3v) is 5.55. The summed E-state index contributed by atoms with van der Waals surface area (Å²) in [5.74, 6) is -0.453. The number of benzene rings is 2. The Balaban J connectivity index is 1.94. The molecule has 0 amide bonds. The predicted molar refractivity (Wildman–Crippen MR) is 111 cm³/mol. The van der Waals surface area contributed by atoms with Crippen LogP contribution < -0.4 is 10.2 Å². The molecule has 1 fully saturated rings. The van der Waals surface area contributed by atoms with Crippen molar-refractivity contribution in [1.29, 1.82) is 0 Å². The maximum Gasteiger partial charge on any atom is 0.197 e. The summed E-state index contributed by atoms with van der Waals surface area (Å²) in [6.07, 6.45) is -7.80. The van der Waals surface area contributed by atoms with Gasteiger partial charge in [-0.3, -0.25) is 4.79 Å². The molecule has 10 nitrogen and oxygen atoms in total. The average molecular weight is 446 g/mol. The van der Waals surface area contributed by atoms with Crippen molar-refractivity contribution in [3.63, 3.8) is 0 Å². The molecule has 2 aromatic carbocycles. The first-order valence-electron chi connectivity index (χ1n) is 9.74. The van der Waals surface area contributed by atoms with Gasteiger partial charge in [0.15, 0.2) is 11.0 Å². The summed E-state index contributed by atoms with van der Waals surface area (Å²) in [7, 11) is 1.50. The van der Waals surface area contributed by atoms with Crippen LogP contribution in [-0.2, 0) is 4.74 Å². The van der Waals surface area contributed by atoms with Crippen molar-refractivity contribution in [2.45, 2.75) is 30.5 Å². The van der Waals surface area contributed by atoms with Gasteiger partial charge in [-0.25, -0.2) is 0 Å². The van der Waals surface area contributed by atoms with Crippen LogP contribution in [0.1, 0.15) is 11.7 Å². The minimum absolute atomic E-state index is 0.0981. The number of phenolic OH excluding ortho intramolecular Hbond substituents is 2. The van der Waals surface area contributed by atoms with Crippen molar-refractivity contribution in [2.75, 3.05) is 13.7 Å². The highest BCUT2D eigenvalue weighted by Gasteiger charge is 2.46. The molecule has 0 radical (unpaired) electrons. The molecule has 1 aromatic heterocycles. The molecule has 3 aromatic rings. The Morgan fingerprint density at radius 3 is 2.28 bits per heavy atom. The molecule has 1 aliphatic heterocycles. The average Bonchev–Trinajstić information content (AvgIpc) is 2.78. The second-order valence-electron chi connectivity index (χ2n) is 7.49. The Labute approximate surface area is 181 Å². The Hall–Kier alpha value is -3.15. The van der Waals surface area contributed by atoms with Crippen molar-refractivity contribution < 1.29 is 44.5 Å². The molecule has 1 saturated heterocycles. The zero-order valence-electron chi connectivity index (χ0n) is 16.9. The van der Waals surface area contributed by atoms with E-state index in [0.717, 1.165) is 12.1 Å². The highest BCUT2D eigenvalue weighted by atomic mass is 16.5. The number of phenols is 2. The van der Waals surface area contributed by atoms with E-state index in [1.807, 2.05) is 0 Å². The summed E-state index contributed by atoms with van der Waals surface area (Å²) in [6.45, 7) is -0.681. The summed E-state index contributed by atoms with van der Waals surface area (Å²) in [5, 5.41) is 60.8. The van der Waals surface area contributed by atoms with Gasteiger partial charge in [0.05, 0.1) is 19.3 Å². The van der Waals surface area contributed by atoms with Gasteiger partial charge in [0.1, 0.15) is 58.9 Å². The molecule has 0 unspecified atom stereocenters. The van der Waals surface area contributed by atoms with Crippen molar-refractivity contribution >= 4 is 11.0 Å². The number of aliphatic hydroxyl groups excluding tert-OH is 4. The summed E-state index contributed by atoms with van der Waals surface area (Å²) in [5.41, 5.74) is -0.625. The zero-order valence-corrected chi connectivity index (χ0v) is 16.9. The Bertz CT molecular complexity index is 1180. The zero-order chi connectivity index (χ0) is 23.2. The molecule has 32 heavy (non-hydrogen) atoms. The Morgan fingerprint density at radius 1 is 0.969 bits per heavy atom. The van der Waals surface area contributed by atoms with E-state index in [4.69, 9.17) is 13.9 Å². The van der Waals surface area contributed by atoms with E-state index in [1.54, 1.807) is 24.3 Å². The molecular weight excluding hydrogens is 424 g/mol. The van der Waals surface area contributed by atoms with Gasteiger partial charge in [0, 0.05) is 17.7 Å². The monoisotopic (exact) mass is 446 g/mol. The van der Waals surface area contributed by atoms with E-state index in [2.05, 4.69) is 0 Å². The van der Waals surface area contributed by atoms with E-state index < -0.39 is 54.1 Å². The van der Waals surface area contributed by atoms with Crippen LogP contribution in [0.25, 0.3) is 22.3 Å². The summed E-state index contributed by atoms with van der Waals surface area (Å²) in [4.78, 5) is 12.8. The number of aromatic hydroxyl groups is 2. The number of ether oxygens (including phenoxy) is 2. The third-order valence-electron chi connectivity index (χ3n) is 5.55. The van der Waals surface area contributed by atoms with Crippen molar-refractivity contribution in [3.05, 3.63) is 52.2 Å². The van der Waals surface area contributed by atoms with Crippen LogP contribution in [0.2, 0.25) is 0 Å². The van der Waals surface area contributed by atoms with E-state index in [0.29, 0.717) is 11.3 Å². The molecule has 1 aliphatic rings. The first kappa shape index (κ1) is 22.1. The van der Waals surface area contributed by atoms with Crippen LogP contribution >= 0.6 is 0 Å². The van der Waals surface area contributed by atoms with Crippen LogP contribution in [0, 0.1) is 0 Å². The second-order valence-corrected chi connectivity index (χ2v) is 7.49. The number of rotatable bonds is 4. The molecule has 0 saturated carbocycles. The van der Waals surface area contributed by atoms with Gasteiger partial charge >= 0.3 is 0 Å². The van der Waals surface area contributed by atoms with E-state index >= 15 is 0 Å². The van der Waals surface area contributed by atoms with Crippen LogP contribution in [0.5, 0.6) is 17.2 Å². The van der Waals surface area contributed by atoms with Crippen molar-refractivity contribution in [2.24, 2.45) is 0 Å². The van der Waals surface area contributed by atoms with Crippen molar-refractivity contribution in [1.82, 2.24) is 0 Å². The van der Waals surface area contributed by atoms with Gasteiger partial charge in [0.25, 0.3) is 0 Å². The van der Waals surface area contributed by atoms with Crippen LogP contribution in [0.3, 0.4) is 0 Å². The maximum atomic E-state index is 12.8. The first-order valence-corrected chi connectivity index (χ1v) is 9.74. The van der Waals surface area contributed by atoms with Gasteiger partial charge in [0.2, 0.25) is 0 Å². The predicted octanol–water partition coefficient (Wildman–Crippen LogP) is 0.395. The Kier molecular flexibility index (Phi) is 5.80.